The lowest BCUT2D eigenvalue weighted by atomic mass is 10.1. The van der Waals surface area contributed by atoms with E-state index in [-0.39, 0.29) is 6.54 Å². The number of rotatable bonds is 2. The minimum absolute atomic E-state index is 0.0185. The van der Waals surface area contributed by atoms with Gasteiger partial charge in [-0.2, -0.15) is 13.2 Å². The van der Waals surface area contributed by atoms with E-state index in [0.29, 0.717) is 19.6 Å². The van der Waals surface area contributed by atoms with E-state index in [4.69, 9.17) is 0 Å². The molecule has 0 aliphatic carbocycles. The number of halogens is 3. The molecule has 0 radical (unpaired) electrons. The summed E-state index contributed by atoms with van der Waals surface area (Å²) < 4.78 is 38.6. The molecule has 0 amide bonds. The van der Waals surface area contributed by atoms with E-state index in [1.54, 1.807) is 0 Å². The Morgan fingerprint density at radius 2 is 1.94 bits per heavy atom. The summed E-state index contributed by atoms with van der Waals surface area (Å²) >= 11 is 0. The number of nitrogens with one attached hydrogen (secondary N) is 1. The van der Waals surface area contributed by atoms with E-state index in [2.05, 4.69) is 5.32 Å². The van der Waals surface area contributed by atoms with Gasteiger partial charge < -0.3 is 5.32 Å². The van der Waals surface area contributed by atoms with Crippen LogP contribution in [0.15, 0.2) is 24.3 Å². The van der Waals surface area contributed by atoms with Gasteiger partial charge in [-0.1, -0.05) is 29.8 Å². The molecule has 100 valence electrons. The Balaban J connectivity index is 2.08. The van der Waals surface area contributed by atoms with Crippen LogP contribution in [0.25, 0.3) is 0 Å². The van der Waals surface area contributed by atoms with Crippen molar-refractivity contribution >= 4 is 0 Å². The second-order valence-corrected chi connectivity index (χ2v) is 4.72. The van der Waals surface area contributed by atoms with Crippen LogP contribution in [0.3, 0.4) is 0 Å². The molecule has 1 saturated heterocycles. The first-order chi connectivity index (χ1) is 8.47. The minimum atomic E-state index is -4.17. The smallest absolute Gasteiger partial charge is 0.314 e. The van der Waals surface area contributed by atoms with Gasteiger partial charge in [0.05, 0.1) is 0 Å². The molecule has 1 fully saturated rings. The van der Waals surface area contributed by atoms with Gasteiger partial charge in [0.25, 0.3) is 0 Å². The van der Waals surface area contributed by atoms with E-state index < -0.39 is 12.2 Å². The third-order valence-corrected chi connectivity index (χ3v) is 3.24. The fraction of sp³-hybridized carbons (Fsp3) is 0.538. The topological polar surface area (TPSA) is 15.3 Å². The molecule has 18 heavy (non-hydrogen) atoms. The van der Waals surface area contributed by atoms with Gasteiger partial charge in [0, 0.05) is 26.2 Å². The maximum atomic E-state index is 12.9. The molecule has 0 bridgehead atoms. The van der Waals surface area contributed by atoms with Crippen LogP contribution in [0, 0.1) is 6.92 Å². The van der Waals surface area contributed by atoms with Gasteiger partial charge in [0.1, 0.15) is 6.04 Å². The van der Waals surface area contributed by atoms with Crippen molar-refractivity contribution in [3.05, 3.63) is 35.4 Å². The fourth-order valence-electron chi connectivity index (χ4n) is 2.19. The van der Waals surface area contributed by atoms with Crippen molar-refractivity contribution in [3.8, 4) is 0 Å². The van der Waals surface area contributed by atoms with Crippen LogP contribution in [0.5, 0.6) is 0 Å². The highest BCUT2D eigenvalue weighted by Crippen LogP contribution is 2.26. The Hall–Kier alpha value is -1.07. The Kier molecular flexibility index (Phi) is 3.92. The van der Waals surface area contributed by atoms with Crippen molar-refractivity contribution in [1.82, 2.24) is 10.2 Å². The average Bonchev–Trinajstić information content (AvgIpc) is 2.31. The highest BCUT2D eigenvalue weighted by molar-refractivity contribution is 5.21. The summed E-state index contributed by atoms with van der Waals surface area (Å²) in [5.74, 6) is 0. The third kappa shape index (κ3) is 3.23. The molecule has 0 aromatic heterocycles. The van der Waals surface area contributed by atoms with E-state index >= 15 is 0 Å². The summed E-state index contributed by atoms with van der Waals surface area (Å²) in [6.45, 7) is 3.34. The summed E-state index contributed by atoms with van der Waals surface area (Å²) in [4.78, 5) is 1.50. The monoisotopic (exact) mass is 258 g/mol. The number of nitrogens with zero attached hydrogens (tertiary/aromatic N) is 1. The van der Waals surface area contributed by atoms with Gasteiger partial charge >= 0.3 is 6.18 Å². The SMILES string of the molecule is Cc1ccc(CN2CCNCC2C(F)(F)F)cc1. The standard InChI is InChI=1S/C13H17F3N2/c1-10-2-4-11(5-3-10)9-18-7-6-17-8-12(18)13(14,15)16/h2-5,12,17H,6-9H2,1H3. The van der Waals surface area contributed by atoms with Crippen molar-refractivity contribution in [1.29, 1.82) is 0 Å². The molecule has 1 aliphatic rings. The number of hydrogen-bond donors (Lipinski definition) is 1. The van der Waals surface area contributed by atoms with Gasteiger partial charge in [-0.05, 0) is 12.5 Å². The molecule has 1 aromatic rings. The molecule has 1 aliphatic heterocycles. The minimum Gasteiger partial charge on any atom is -0.314 e. The van der Waals surface area contributed by atoms with Gasteiger partial charge in [-0.3, -0.25) is 4.90 Å². The van der Waals surface area contributed by atoms with Crippen LogP contribution >= 0.6 is 0 Å². The zero-order chi connectivity index (χ0) is 13.2. The van der Waals surface area contributed by atoms with Crippen LogP contribution < -0.4 is 5.32 Å². The first-order valence-corrected chi connectivity index (χ1v) is 6.04. The van der Waals surface area contributed by atoms with Crippen molar-refractivity contribution in [2.45, 2.75) is 25.7 Å². The number of hydrogen-bond acceptors (Lipinski definition) is 2. The van der Waals surface area contributed by atoms with Crippen molar-refractivity contribution in [2.24, 2.45) is 0 Å². The lowest BCUT2D eigenvalue weighted by Crippen LogP contribution is -2.57. The highest BCUT2D eigenvalue weighted by Gasteiger charge is 2.44. The molecule has 1 atom stereocenters. The Morgan fingerprint density at radius 3 is 2.56 bits per heavy atom. The second-order valence-electron chi connectivity index (χ2n) is 4.72. The molecule has 5 heteroatoms. The van der Waals surface area contributed by atoms with Gasteiger partial charge in [-0.25, -0.2) is 0 Å². The van der Waals surface area contributed by atoms with E-state index in [9.17, 15) is 13.2 Å². The number of benzene rings is 1. The van der Waals surface area contributed by atoms with E-state index in [1.807, 2.05) is 31.2 Å². The van der Waals surface area contributed by atoms with Crippen LogP contribution in [0.4, 0.5) is 13.2 Å². The fourth-order valence-corrected chi connectivity index (χ4v) is 2.19. The molecule has 0 spiro atoms. The molecule has 1 heterocycles. The molecule has 2 rings (SSSR count). The summed E-state index contributed by atoms with van der Waals surface area (Å²) in [7, 11) is 0. The molecule has 1 aromatic carbocycles. The largest absolute Gasteiger partial charge is 0.405 e. The first kappa shape index (κ1) is 13.4. The Bertz CT molecular complexity index is 386. The van der Waals surface area contributed by atoms with Crippen LogP contribution in [0.1, 0.15) is 11.1 Å². The average molecular weight is 258 g/mol. The first-order valence-electron chi connectivity index (χ1n) is 6.04. The maximum Gasteiger partial charge on any atom is 0.405 e. The number of aryl methyl sites for hydroxylation is 1. The quantitative estimate of drug-likeness (QED) is 0.876. The molecule has 0 saturated carbocycles. The zero-order valence-electron chi connectivity index (χ0n) is 10.3. The molecular weight excluding hydrogens is 241 g/mol. The lowest BCUT2D eigenvalue weighted by molar-refractivity contribution is -0.188. The molecule has 1 unspecified atom stereocenters. The third-order valence-electron chi connectivity index (χ3n) is 3.24. The van der Waals surface area contributed by atoms with Crippen LogP contribution in [0.2, 0.25) is 0 Å². The Labute approximate surface area is 105 Å². The summed E-state index contributed by atoms with van der Waals surface area (Å²) in [6, 6.07) is 6.27. The van der Waals surface area contributed by atoms with Crippen molar-refractivity contribution in [2.75, 3.05) is 19.6 Å². The van der Waals surface area contributed by atoms with E-state index in [1.165, 1.54) is 4.90 Å². The normalized spacial score (nSPS) is 22.1. The predicted octanol–water partition coefficient (Wildman–Crippen LogP) is 2.33. The van der Waals surface area contributed by atoms with Gasteiger partial charge in [0.2, 0.25) is 0 Å². The van der Waals surface area contributed by atoms with Crippen molar-refractivity contribution in [3.63, 3.8) is 0 Å². The Morgan fingerprint density at radius 1 is 1.28 bits per heavy atom. The predicted molar refractivity (Wildman–Crippen MR) is 64.3 cm³/mol. The summed E-state index contributed by atoms with van der Waals surface area (Å²) in [6.07, 6.45) is -4.17. The molecular formula is C13H17F3N2. The van der Waals surface area contributed by atoms with Crippen molar-refractivity contribution < 1.29 is 13.2 Å². The van der Waals surface area contributed by atoms with E-state index in [0.717, 1.165) is 11.1 Å². The molecule has 1 N–H and O–H groups in total. The lowest BCUT2D eigenvalue weighted by Gasteiger charge is -2.37. The molecule has 2 nitrogen and oxygen atoms in total. The van der Waals surface area contributed by atoms with Gasteiger partial charge in [0.15, 0.2) is 0 Å². The highest BCUT2D eigenvalue weighted by atomic mass is 19.4. The summed E-state index contributed by atoms with van der Waals surface area (Å²) in [5.41, 5.74) is 2.04. The second kappa shape index (κ2) is 5.28. The van der Waals surface area contributed by atoms with Crippen LogP contribution in [-0.4, -0.2) is 36.8 Å². The number of alkyl halides is 3. The zero-order valence-corrected chi connectivity index (χ0v) is 10.3. The van der Waals surface area contributed by atoms with Crippen LogP contribution in [-0.2, 0) is 6.54 Å². The summed E-state index contributed by atoms with van der Waals surface area (Å²) in [5, 5.41) is 2.80. The van der Waals surface area contributed by atoms with Gasteiger partial charge in [-0.15, -0.1) is 0 Å². The maximum absolute atomic E-state index is 12.9. The number of piperazine rings is 1.